The maximum absolute atomic E-state index is 11.6. The van der Waals surface area contributed by atoms with Crippen LogP contribution in [0.3, 0.4) is 0 Å². The summed E-state index contributed by atoms with van der Waals surface area (Å²) in [7, 11) is 1.62. The molecule has 2 atom stereocenters. The number of carboxylic acids is 1. The summed E-state index contributed by atoms with van der Waals surface area (Å²) in [6.45, 7) is -1.85. The van der Waals surface area contributed by atoms with Gasteiger partial charge in [-0.1, -0.05) is 30.1 Å². The second kappa shape index (κ2) is 11.9. The highest BCUT2D eigenvalue weighted by Gasteiger charge is 2.22. The third-order valence-corrected chi connectivity index (χ3v) is 5.45. The predicted octanol–water partition coefficient (Wildman–Crippen LogP) is 6.20. The number of aryl methyl sites for hydroxylation is 1. The Kier molecular flexibility index (Phi) is 9.55. The number of hydrogen-bond acceptors (Lipinski definition) is 4. The van der Waals surface area contributed by atoms with Gasteiger partial charge >= 0.3 is 12.6 Å². The number of aromatic nitrogens is 1. The van der Waals surface area contributed by atoms with E-state index < -0.39 is 24.7 Å². The van der Waals surface area contributed by atoms with Gasteiger partial charge in [-0.05, 0) is 47.5 Å². The van der Waals surface area contributed by atoms with E-state index in [1.165, 1.54) is 28.8 Å². The third kappa shape index (κ3) is 7.24. The average Bonchev–Trinajstić information content (AvgIpc) is 2.75. The number of rotatable bonds is 6. The molecule has 0 saturated carbocycles. The normalized spacial score (nSPS) is 12.5. The molecule has 0 spiro atoms. The van der Waals surface area contributed by atoms with Gasteiger partial charge in [0.05, 0.1) is 16.7 Å². The van der Waals surface area contributed by atoms with Gasteiger partial charge in [0.1, 0.15) is 11.5 Å². The zero-order valence-corrected chi connectivity index (χ0v) is 19.4. The quantitative estimate of drug-likeness (QED) is 0.406. The van der Waals surface area contributed by atoms with Crippen molar-refractivity contribution in [3.05, 3.63) is 91.8 Å². The molecule has 0 aliphatic carbocycles. The number of carbonyl (C=O) groups is 1. The number of nitrogens with zero attached hydrogens (tertiary/aromatic N) is 1. The largest absolute Gasteiger partial charge is 0.478 e. The molecular formula is C23H20Cl2F3NO5. The Morgan fingerprint density at radius 3 is 2.15 bits per heavy atom. The second-order valence-electron chi connectivity index (χ2n) is 7.12. The monoisotopic (exact) mass is 517 g/mol. The highest BCUT2D eigenvalue weighted by molar-refractivity contribution is 6.33. The summed E-state index contributed by atoms with van der Waals surface area (Å²) in [5.41, 5.74) is 1.06. The summed E-state index contributed by atoms with van der Waals surface area (Å²) >= 11 is 12.3. The lowest BCUT2D eigenvalue weighted by atomic mass is 9.91. The van der Waals surface area contributed by atoms with E-state index in [1.807, 2.05) is 6.92 Å². The van der Waals surface area contributed by atoms with Crippen molar-refractivity contribution < 1.29 is 32.9 Å². The van der Waals surface area contributed by atoms with E-state index in [9.17, 15) is 27.9 Å². The van der Waals surface area contributed by atoms with Crippen LogP contribution in [0.2, 0.25) is 10.0 Å². The van der Waals surface area contributed by atoms with E-state index in [4.69, 9.17) is 33.0 Å². The fraction of sp³-hybridized carbons (Fsp3) is 0.217. The molecule has 6 nitrogen and oxygen atoms in total. The Labute approximate surface area is 202 Å². The summed E-state index contributed by atoms with van der Waals surface area (Å²) in [4.78, 5) is 22.7. The van der Waals surface area contributed by atoms with Crippen molar-refractivity contribution in [2.24, 2.45) is 7.05 Å². The van der Waals surface area contributed by atoms with E-state index in [1.54, 1.807) is 37.5 Å². The van der Waals surface area contributed by atoms with Crippen molar-refractivity contribution >= 4 is 29.2 Å². The van der Waals surface area contributed by atoms with Gasteiger partial charge in [-0.15, -0.1) is 0 Å². The van der Waals surface area contributed by atoms with Crippen LogP contribution in [0.4, 0.5) is 13.2 Å². The van der Waals surface area contributed by atoms with Gasteiger partial charge in [0, 0.05) is 36.3 Å². The topological polar surface area (TPSA) is 88.8 Å². The van der Waals surface area contributed by atoms with Crippen molar-refractivity contribution in [3.8, 4) is 11.5 Å². The van der Waals surface area contributed by atoms with E-state index in [-0.39, 0.29) is 16.1 Å². The first-order valence-electron chi connectivity index (χ1n) is 9.67. The molecule has 0 amide bonds. The Morgan fingerprint density at radius 1 is 1.00 bits per heavy atom. The molecule has 1 heterocycles. The van der Waals surface area contributed by atoms with Crippen molar-refractivity contribution in [1.29, 1.82) is 0 Å². The molecule has 2 N–H and O–H groups in total. The smallest absolute Gasteiger partial charge is 0.379 e. The van der Waals surface area contributed by atoms with E-state index in [0.29, 0.717) is 27.6 Å². The molecule has 0 fully saturated rings. The van der Waals surface area contributed by atoms with Gasteiger partial charge < -0.3 is 19.5 Å². The van der Waals surface area contributed by atoms with Crippen molar-refractivity contribution in [2.45, 2.75) is 25.6 Å². The fourth-order valence-corrected chi connectivity index (χ4v) is 3.59. The summed E-state index contributed by atoms with van der Waals surface area (Å²) < 4.78 is 36.2. The first-order chi connectivity index (χ1) is 15.9. The molecule has 0 aliphatic rings. The van der Waals surface area contributed by atoms with Crippen LogP contribution in [-0.4, -0.2) is 27.4 Å². The van der Waals surface area contributed by atoms with E-state index in [0.717, 1.165) is 0 Å². The molecule has 1 unspecified atom stereocenters. The minimum Gasteiger partial charge on any atom is -0.478 e. The molecule has 2 aromatic carbocycles. The Hall–Kier alpha value is -3.01. The van der Waals surface area contributed by atoms with Crippen LogP contribution < -0.4 is 10.3 Å². The molecule has 0 saturated heterocycles. The Bertz CT molecular complexity index is 1220. The van der Waals surface area contributed by atoms with Crippen LogP contribution in [0.1, 0.15) is 40.4 Å². The number of benzene rings is 2. The number of aromatic carboxylic acids is 1. The number of hydrogen-bond donors (Lipinski definition) is 2. The molecule has 11 heteroatoms. The number of halogens is 5. The number of ether oxygens (including phenoxy) is 1. The number of alkyl halides is 3. The fourth-order valence-electron chi connectivity index (χ4n) is 3.05. The van der Waals surface area contributed by atoms with Crippen LogP contribution in [0.15, 0.2) is 59.5 Å². The Morgan fingerprint density at radius 2 is 1.59 bits per heavy atom. The number of aliphatic hydroxyl groups is 1. The molecule has 0 bridgehead atoms. The van der Waals surface area contributed by atoms with Gasteiger partial charge in [0.15, 0.2) is 0 Å². The third-order valence-electron chi connectivity index (χ3n) is 4.79. The molecule has 0 radical (unpaired) electrons. The van der Waals surface area contributed by atoms with Crippen LogP contribution in [0.5, 0.6) is 11.5 Å². The van der Waals surface area contributed by atoms with Gasteiger partial charge in [-0.3, -0.25) is 4.79 Å². The zero-order valence-electron chi connectivity index (χ0n) is 17.9. The standard InChI is InChI=1S/C22H19Cl2NO5.CHF3/c1-12(21(27)13-3-8-20(26)25(2)11-13)17-9-14(5-7-18(17)23)30-15-4-6-16(22(28)29)19(24)10-15;2-1(3)4/h3-12,21,27H,1-2H3,(H,28,29);1H/t12-,21?;/m0./s1. The first kappa shape index (κ1) is 27.2. The molecular weight excluding hydrogens is 498 g/mol. The van der Waals surface area contributed by atoms with Crippen LogP contribution in [0, 0.1) is 0 Å². The molecule has 34 heavy (non-hydrogen) atoms. The summed E-state index contributed by atoms with van der Waals surface area (Å²) in [6, 6.07) is 12.3. The zero-order chi connectivity index (χ0) is 25.6. The maximum Gasteiger partial charge on any atom is 0.379 e. The molecule has 0 aliphatic heterocycles. The second-order valence-corrected chi connectivity index (χ2v) is 7.94. The lowest BCUT2D eigenvalue weighted by Gasteiger charge is -2.22. The summed E-state index contributed by atoms with van der Waals surface area (Å²) in [5, 5.41) is 20.4. The van der Waals surface area contributed by atoms with Crippen molar-refractivity contribution in [1.82, 2.24) is 4.57 Å². The molecule has 1 aromatic heterocycles. The van der Waals surface area contributed by atoms with Crippen LogP contribution >= 0.6 is 23.2 Å². The van der Waals surface area contributed by atoms with Gasteiger partial charge in [0.25, 0.3) is 0 Å². The van der Waals surface area contributed by atoms with Crippen molar-refractivity contribution in [3.63, 3.8) is 0 Å². The predicted molar refractivity (Wildman–Crippen MR) is 122 cm³/mol. The van der Waals surface area contributed by atoms with Gasteiger partial charge in [0.2, 0.25) is 5.56 Å². The Balaban J connectivity index is 0.000000945. The van der Waals surface area contributed by atoms with E-state index in [2.05, 4.69) is 0 Å². The number of aliphatic hydroxyl groups excluding tert-OH is 1. The first-order valence-corrected chi connectivity index (χ1v) is 10.4. The summed E-state index contributed by atoms with van der Waals surface area (Å²) in [5.74, 6) is -0.698. The molecule has 182 valence electrons. The van der Waals surface area contributed by atoms with E-state index >= 15 is 0 Å². The van der Waals surface area contributed by atoms with Gasteiger partial charge in [-0.2, -0.15) is 13.2 Å². The highest BCUT2D eigenvalue weighted by Crippen LogP contribution is 2.37. The SMILES string of the molecule is C[C@@H](c1cc(Oc2ccc(C(=O)O)c(Cl)c2)ccc1Cl)C(O)c1ccc(=O)n(C)c1.FC(F)F. The molecule has 3 aromatic rings. The molecule has 3 rings (SSSR count). The van der Waals surface area contributed by atoms with Crippen LogP contribution in [0.25, 0.3) is 0 Å². The maximum atomic E-state index is 11.6. The average molecular weight is 518 g/mol. The van der Waals surface area contributed by atoms with Crippen molar-refractivity contribution in [2.75, 3.05) is 0 Å². The van der Waals surface area contributed by atoms with Gasteiger partial charge in [-0.25, -0.2) is 4.79 Å². The highest BCUT2D eigenvalue weighted by atomic mass is 35.5. The summed E-state index contributed by atoms with van der Waals surface area (Å²) in [6.07, 6.45) is 0.692. The lowest BCUT2D eigenvalue weighted by molar-refractivity contribution is 0.00817. The lowest BCUT2D eigenvalue weighted by Crippen LogP contribution is -2.17. The number of carboxylic acid groups (broad SMARTS) is 1. The minimum absolute atomic E-state index is 0.0187. The minimum atomic E-state index is -3.67. The number of pyridine rings is 1. The van der Waals surface area contributed by atoms with Crippen LogP contribution in [-0.2, 0) is 7.05 Å².